The van der Waals surface area contributed by atoms with Crippen LogP contribution in [0.2, 0.25) is 0 Å². The standard InChI is InChI=1S/C15H24BrNO5/c1-7-20-12(18)11(16)8-10-9-21-15(5,6)17(10)13(19)22-14(2,3)4/h8,10H,7,9H2,1-6H3/b11-8+/t10-/m1/s1. The summed E-state index contributed by atoms with van der Waals surface area (Å²) in [6.45, 7) is 11.3. The van der Waals surface area contributed by atoms with E-state index in [4.69, 9.17) is 14.2 Å². The van der Waals surface area contributed by atoms with Gasteiger partial charge in [0, 0.05) is 0 Å². The molecule has 1 atom stereocenters. The molecule has 7 heteroatoms. The highest BCUT2D eigenvalue weighted by atomic mass is 79.9. The molecule has 126 valence electrons. The zero-order valence-electron chi connectivity index (χ0n) is 13.9. The second-order valence-corrected chi connectivity index (χ2v) is 7.26. The van der Waals surface area contributed by atoms with Crippen LogP contribution in [-0.4, -0.2) is 47.5 Å². The molecule has 1 aliphatic rings. The van der Waals surface area contributed by atoms with Crippen LogP contribution < -0.4 is 0 Å². The maximum atomic E-state index is 12.4. The van der Waals surface area contributed by atoms with Crippen molar-refractivity contribution in [2.45, 2.75) is 58.9 Å². The third-order valence-corrected chi connectivity index (χ3v) is 3.51. The van der Waals surface area contributed by atoms with Gasteiger partial charge < -0.3 is 14.2 Å². The Bertz CT molecular complexity index is 467. The number of nitrogens with zero attached hydrogens (tertiary/aromatic N) is 1. The number of hydrogen-bond acceptors (Lipinski definition) is 5. The van der Waals surface area contributed by atoms with Gasteiger partial charge in [-0.2, -0.15) is 0 Å². The SMILES string of the molecule is CCOC(=O)/C(Br)=C\[C@@H]1COC(C)(C)N1C(=O)OC(C)(C)C. The summed E-state index contributed by atoms with van der Waals surface area (Å²) in [5, 5.41) is 0. The molecule has 6 nitrogen and oxygen atoms in total. The van der Waals surface area contributed by atoms with Crippen molar-refractivity contribution >= 4 is 28.0 Å². The molecule has 0 aromatic carbocycles. The van der Waals surface area contributed by atoms with E-state index in [1.165, 1.54) is 4.90 Å². The molecular weight excluding hydrogens is 354 g/mol. The molecule has 0 aromatic heterocycles. The van der Waals surface area contributed by atoms with E-state index in [1.54, 1.807) is 47.6 Å². The summed E-state index contributed by atoms with van der Waals surface area (Å²) in [4.78, 5) is 25.6. The van der Waals surface area contributed by atoms with Crippen molar-refractivity contribution in [2.24, 2.45) is 0 Å². The van der Waals surface area contributed by atoms with E-state index >= 15 is 0 Å². The highest BCUT2D eigenvalue weighted by Gasteiger charge is 2.45. The Balaban J connectivity index is 2.97. The Kier molecular flexibility index (Phi) is 6.03. The highest BCUT2D eigenvalue weighted by Crippen LogP contribution is 2.31. The predicted octanol–water partition coefficient (Wildman–Crippen LogP) is 3.20. The fraction of sp³-hybridized carbons (Fsp3) is 0.733. The number of amides is 1. The Morgan fingerprint density at radius 2 is 2.00 bits per heavy atom. The van der Waals surface area contributed by atoms with Gasteiger partial charge in [0.15, 0.2) is 0 Å². The smallest absolute Gasteiger partial charge is 0.413 e. The Labute approximate surface area is 139 Å². The lowest BCUT2D eigenvalue weighted by atomic mass is 10.2. The highest BCUT2D eigenvalue weighted by molar-refractivity contribution is 9.12. The van der Waals surface area contributed by atoms with Crippen LogP contribution in [0.3, 0.4) is 0 Å². The molecule has 22 heavy (non-hydrogen) atoms. The lowest BCUT2D eigenvalue weighted by molar-refractivity contribution is -0.137. The summed E-state index contributed by atoms with van der Waals surface area (Å²) in [6.07, 6.45) is 1.12. The van der Waals surface area contributed by atoms with E-state index in [-0.39, 0.29) is 17.7 Å². The maximum Gasteiger partial charge on any atom is 0.413 e. The van der Waals surface area contributed by atoms with Crippen LogP contribution in [0.15, 0.2) is 10.6 Å². The summed E-state index contributed by atoms with van der Waals surface area (Å²) in [6, 6.07) is -0.413. The Morgan fingerprint density at radius 3 is 2.50 bits per heavy atom. The third-order valence-electron chi connectivity index (χ3n) is 2.92. The minimum absolute atomic E-state index is 0.259. The summed E-state index contributed by atoms with van der Waals surface area (Å²) in [5.41, 5.74) is -1.42. The monoisotopic (exact) mass is 377 g/mol. The van der Waals surface area contributed by atoms with Crippen molar-refractivity contribution < 1.29 is 23.8 Å². The molecular formula is C15H24BrNO5. The predicted molar refractivity (Wildman–Crippen MR) is 85.5 cm³/mol. The number of carbonyl (C=O) groups excluding carboxylic acids is 2. The van der Waals surface area contributed by atoms with Gasteiger partial charge in [0.05, 0.1) is 19.3 Å². The number of hydrogen-bond donors (Lipinski definition) is 0. The first kappa shape index (κ1) is 19.0. The summed E-state index contributed by atoms with van der Waals surface area (Å²) in [7, 11) is 0. The number of carbonyl (C=O) groups is 2. The minimum Gasteiger partial charge on any atom is -0.462 e. The van der Waals surface area contributed by atoms with Gasteiger partial charge in [-0.3, -0.25) is 4.90 Å². The van der Waals surface area contributed by atoms with E-state index in [9.17, 15) is 9.59 Å². The van der Waals surface area contributed by atoms with Crippen molar-refractivity contribution in [3.63, 3.8) is 0 Å². The van der Waals surface area contributed by atoms with E-state index in [0.717, 1.165) is 0 Å². The number of esters is 1. The quantitative estimate of drug-likeness (QED) is 0.558. The molecule has 0 spiro atoms. The fourth-order valence-corrected chi connectivity index (χ4v) is 2.48. The Morgan fingerprint density at radius 1 is 1.41 bits per heavy atom. The lowest BCUT2D eigenvalue weighted by Gasteiger charge is -2.34. The zero-order chi connectivity index (χ0) is 17.1. The second-order valence-electron chi connectivity index (χ2n) is 6.41. The summed E-state index contributed by atoms with van der Waals surface area (Å²) < 4.78 is 16.2. The fourth-order valence-electron chi connectivity index (χ4n) is 2.06. The average molecular weight is 378 g/mol. The number of ether oxygens (including phenoxy) is 3. The first-order valence-electron chi connectivity index (χ1n) is 7.18. The van der Waals surface area contributed by atoms with Crippen LogP contribution in [0.4, 0.5) is 4.79 Å². The molecule has 0 N–H and O–H groups in total. The molecule has 1 heterocycles. The van der Waals surface area contributed by atoms with Crippen molar-refractivity contribution in [1.82, 2.24) is 4.90 Å². The van der Waals surface area contributed by atoms with Gasteiger partial charge in [-0.15, -0.1) is 0 Å². The normalized spacial score (nSPS) is 21.7. The summed E-state index contributed by atoms with van der Waals surface area (Å²) >= 11 is 3.18. The molecule has 0 unspecified atom stereocenters. The molecule has 1 rings (SSSR count). The topological polar surface area (TPSA) is 65.1 Å². The second kappa shape index (κ2) is 7.00. The van der Waals surface area contributed by atoms with Crippen LogP contribution in [0, 0.1) is 0 Å². The van der Waals surface area contributed by atoms with Gasteiger partial charge in [-0.05, 0) is 63.5 Å². The number of rotatable bonds is 3. The van der Waals surface area contributed by atoms with Gasteiger partial charge >= 0.3 is 12.1 Å². The van der Waals surface area contributed by atoms with Crippen LogP contribution in [0.25, 0.3) is 0 Å². The zero-order valence-corrected chi connectivity index (χ0v) is 15.5. The van der Waals surface area contributed by atoms with Crippen LogP contribution in [0.5, 0.6) is 0 Å². The molecule has 1 fully saturated rings. The van der Waals surface area contributed by atoms with Crippen molar-refractivity contribution in [1.29, 1.82) is 0 Å². The van der Waals surface area contributed by atoms with E-state index in [1.807, 2.05) is 0 Å². The van der Waals surface area contributed by atoms with Crippen LogP contribution in [-0.2, 0) is 19.0 Å². The van der Waals surface area contributed by atoms with E-state index < -0.39 is 29.4 Å². The average Bonchev–Trinajstić information content (AvgIpc) is 2.62. The van der Waals surface area contributed by atoms with Crippen molar-refractivity contribution in [3.8, 4) is 0 Å². The maximum absolute atomic E-state index is 12.4. The molecule has 0 aromatic rings. The number of halogens is 1. The first-order valence-corrected chi connectivity index (χ1v) is 7.98. The van der Waals surface area contributed by atoms with Gasteiger partial charge in [0.2, 0.25) is 0 Å². The van der Waals surface area contributed by atoms with Gasteiger partial charge in [0.1, 0.15) is 15.8 Å². The third kappa shape index (κ3) is 4.98. The van der Waals surface area contributed by atoms with Crippen LogP contribution >= 0.6 is 15.9 Å². The molecule has 0 aliphatic carbocycles. The molecule has 1 aliphatic heterocycles. The minimum atomic E-state index is -0.814. The molecule has 1 saturated heterocycles. The van der Waals surface area contributed by atoms with Crippen molar-refractivity contribution in [2.75, 3.05) is 13.2 Å². The Hall–Kier alpha value is -1.08. The van der Waals surface area contributed by atoms with E-state index in [2.05, 4.69) is 15.9 Å². The molecule has 0 saturated carbocycles. The van der Waals surface area contributed by atoms with Crippen molar-refractivity contribution in [3.05, 3.63) is 10.6 Å². The molecule has 0 radical (unpaired) electrons. The van der Waals surface area contributed by atoms with Gasteiger partial charge in [-0.1, -0.05) is 0 Å². The summed E-state index contributed by atoms with van der Waals surface area (Å²) in [5.74, 6) is -0.476. The molecule has 0 bridgehead atoms. The first-order chi connectivity index (χ1) is 9.98. The van der Waals surface area contributed by atoms with Gasteiger partial charge in [0.25, 0.3) is 0 Å². The van der Waals surface area contributed by atoms with E-state index in [0.29, 0.717) is 0 Å². The molecule has 1 amide bonds. The largest absolute Gasteiger partial charge is 0.462 e. The lowest BCUT2D eigenvalue weighted by Crippen LogP contribution is -2.49. The van der Waals surface area contributed by atoms with Crippen LogP contribution in [0.1, 0.15) is 41.5 Å². The van der Waals surface area contributed by atoms with Gasteiger partial charge in [-0.25, -0.2) is 9.59 Å².